The highest BCUT2D eigenvalue weighted by Gasteiger charge is 2.62. The van der Waals surface area contributed by atoms with Gasteiger partial charge in [0.2, 0.25) is 5.91 Å². The van der Waals surface area contributed by atoms with E-state index in [1.54, 1.807) is 0 Å². The lowest BCUT2D eigenvalue weighted by molar-refractivity contribution is -0.164. The molecule has 0 spiro atoms. The molecule has 1 aliphatic heterocycles. The molecular weight excluding hydrogens is 472 g/mol. The molecule has 5 heteroatoms. The van der Waals surface area contributed by atoms with E-state index in [0.717, 1.165) is 37.1 Å². The number of piperidine rings is 1. The maximum Gasteiger partial charge on any atom is 0.255 e. The minimum absolute atomic E-state index is 0.104. The van der Waals surface area contributed by atoms with Crippen LogP contribution in [0, 0.1) is 34.5 Å². The molecule has 2 aromatic carbocycles. The van der Waals surface area contributed by atoms with Crippen LogP contribution in [0.1, 0.15) is 76.1 Å². The molecule has 1 heterocycles. The van der Waals surface area contributed by atoms with E-state index in [1.165, 1.54) is 12.8 Å². The standard InChI is InChI=1S/C33H42N2O3/c1-21-18-28-33(3,17-15-29(36)35(28)4)26-14-16-32(2)20-25(19-27(32)30(21)26)38-24-12-10-23(11-13-24)34-31(37)22-8-6-5-7-9-22/h5-13,21,25-28,30H,14-20H2,1-4H3,(H,34,37)/t21?,25?,26-,27+,28?,30-,32-,33-/m1/s1. The Bertz CT molecular complexity index is 1200. The van der Waals surface area contributed by atoms with E-state index in [9.17, 15) is 9.59 Å². The molecule has 2 aromatic rings. The first-order valence-electron chi connectivity index (χ1n) is 14.6. The van der Waals surface area contributed by atoms with Crippen LogP contribution in [0.25, 0.3) is 0 Å². The number of nitrogens with one attached hydrogen (secondary N) is 1. The van der Waals surface area contributed by atoms with Crippen molar-refractivity contribution in [3.8, 4) is 5.75 Å². The fraction of sp³-hybridized carbons (Fsp3) is 0.576. The van der Waals surface area contributed by atoms with Gasteiger partial charge in [-0.05, 0) is 109 Å². The zero-order valence-corrected chi connectivity index (χ0v) is 23.3. The lowest BCUT2D eigenvalue weighted by Crippen LogP contribution is -2.62. The summed E-state index contributed by atoms with van der Waals surface area (Å²) in [6.45, 7) is 7.46. The van der Waals surface area contributed by atoms with Crippen molar-refractivity contribution < 1.29 is 14.3 Å². The first kappa shape index (κ1) is 25.5. The van der Waals surface area contributed by atoms with Gasteiger partial charge in [-0.3, -0.25) is 9.59 Å². The number of benzene rings is 2. The van der Waals surface area contributed by atoms with E-state index in [4.69, 9.17) is 4.74 Å². The summed E-state index contributed by atoms with van der Waals surface area (Å²) < 4.78 is 6.59. The molecule has 4 aliphatic rings. The fourth-order valence-electron chi connectivity index (χ4n) is 9.15. The van der Waals surface area contributed by atoms with Crippen molar-refractivity contribution in [2.24, 2.45) is 34.5 Å². The Morgan fingerprint density at radius 2 is 1.74 bits per heavy atom. The van der Waals surface area contributed by atoms with E-state index in [0.29, 0.717) is 53.0 Å². The molecule has 3 aliphatic carbocycles. The monoisotopic (exact) mass is 514 g/mol. The number of likely N-dealkylation sites (tertiary alicyclic amines) is 1. The normalized spacial score (nSPS) is 38.1. The quantitative estimate of drug-likeness (QED) is 0.488. The number of ether oxygens (including phenoxy) is 1. The van der Waals surface area contributed by atoms with Crippen LogP contribution in [-0.4, -0.2) is 35.9 Å². The van der Waals surface area contributed by atoms with Gasteiger partial charge in [-0.15, -0.1) is 0 Å². The number of rotatable bonds is 4. The highest BCUT2D eigenvalue weighted by Crippen LogP contribution is 2.66. The van der Waals surface area contributed by atoms with E-state index in [1.807, 2.05) is 61.6 Å². The van der Waals surface area contributed by atoms with Crippen molar-refractivity contribution >= 4 is 17.5 Å². The molecule has 1 saturated heterocycles. The highest BCUT2D eigenvalue weighted by molar-refractivity contribution is 6.04. The Kier molecular flexibility index (Phi) is 6.32. The maximum atomic E-state index is 12.5. The lowest BCUT2D eigenvalue weighted by atomic mass is 9.45. The van der Waals surface area contributed by atoms with E-state index in [-0.39, 0.29) is 17.4 Å². The second-order valence-electron chi connectivity index (χ2n) is 13.2. The number of fused-ring (bicyclic) bond motifs is 5. The molecular formula is C33H42N2O3. The Hall–Kier alpha value is -2.82. The Balaban J connectivity index is 1.14. The summed E-state index contributed by atoms with van der Waals surface area (Å²) >= 11 is 0. The Morgan fingerprint density at radius 3 is 2.47 bits per heavy atom. The predicted molar refractivity (Wildman–Crippen MR) is 150 cm³/mol. The second-order valence-corrected chi connectivity index (χ2v) is 13.2. The van der Waals surface area contributed by atoms with Crippen molar-refractivity contribution in [1.82, 2.24) is 4.90 Å². The van der Waals surface area contributed by atoms with Gasteiger partial charge < -0.3 is 15.0 Å². The fourth-order valence-corrected chi connectivity index (χ4v) is 9.15. The number of hydrogen-bond donors (Lipinski definition) is 1. The molecule has 6 rings (SSSR count). The molecule has 3 saturated carbocycles. The van der Waals surface area contributed by atoms with E-state index < -0.39 is 0 Å². The summed E-state index contributed by atoms with van der Waals surface area (Å²) in [4.78, 5) is 27.1. The summed E-state index contributed by atoms with van der Waals surface area (Å²) in [6, 6.07) is 17.5. The maximum absolute atomic E-state index is 12.5. The van der Waals surface area contributed by atoms with Gasteiger partial charge in [0.05, 0.1) is 6.10 Å². The van der Waals surface area contributed by atoms with Crippen molar-refractivity contribution in [3.05, 3.63) is 60.2 Å². The van der Waals surface area contributed by atoms with Crippen molar-refractivity contribution in [1.29, 1.82) is 0 Å². The van der Waals surface area contributed by atoms with Crippen LogP contribution in [0.4, 0.5) is 5.69 Å². The molecule has 8 atom stereocenters. The first-order valence-corrected chi connectivity index (χ1v) is 14.6. The topological polar surface area (TPSA) is 58.6 Å². The van der Waals surface area contributed by atoms with Gasteiger partial charge in [-0.2, -0.15) is 0 Å². The summed E-state index contributed by atoms with van der Waals surface area (Å²) in [5, 5.41) is 2.97. The van der Waals surface area contributed by atoms with Gasteiger partial charge in [-0.1, -0.05) is 39.0 Å². The summed E-state index contributed by atoms with van der Waals surface area (Å²) in [5.41, 5.74) is 1.98. The average molecular weight is 515 g/mol. The predicted octanol–water partition coefficient (Wildman–Crippen LogP) is 6.80. The molecule has 1 N–H and O–H groups in total. The summed E-state index contributed by atoms with van der Waals surface area (Å²) in [7, 11) is 2.04. The van der Waals surface area contributed by atoms with Crippen LogP contribution >= 0.6 is 0 Å². The molecule has 5 nitrogen and oxygen atoms in total. The molecule has 0 aromatic heterocycles. The molecule has 38 heavy (non-hydrogen) atoms. The van der Waals surface area contributed by atoms with Crippen LogP contribution < -0.4 is 10.1 Å². The van der Waals surface area contributed by atoms with Crippen molar-refractivity contribution in [2.45, 2.75) is 77.9 Å². The van der Waals surface area contributed by atoms with Crippen molar-refractivity contribution in [2.75, 3.05) is 12.4 Å². The van der Waals surface area contributed by atoms with Crippen LogP contribution in [0.5, 0.6) is 5.75 Å². The third kappa shape index (κ3) is 4.23. The highest BCUT2D eigenvalue weighted by atomic mass is 16.5. The van der Waals surface area contributed by atoms with Gasteiger partial charge in [-0.25, -0.2) is 0 Å². The third-order valence-electron chi connectivity index (χ3n) is 11.1. The van der Waals surface area contributed by atoms with Crippen LogP contribution in [-0.2, 0) is 4.79 Å². The second kappa shape index (κ2) is 9.43. The number of hydrogen-bond acceptors (Lipinski definition) is 3. The van der Waals surface area contributed by atoms with Crippen LogP contribution in [0.3, 0.4) is 0 Å². The number of anilines is 1. The minimum atomic E-state index is -0.104. The lowest BCUT2D eigenvalue weighted by Gasteiger charge is -2.63. The SMILES string of the molecule is CC1CC2N(C)C(=O)CC[C@]2(C)[C@@H]2CC[C@]3(C)CC(Oc4ccc(NC(=O)c5ccccc5)cc4)C[C@H]3[C@H]12. The zero-order chi connectivity index (χ0) is 26.7. The Labute approximate surface area is 227 Å². The Morgan fingerprint density at radius 1 is 1.00 bits per heavy atom. The molecule has 202 valence electrons. The smallest absolute Gasteiger partial charge is 0.255 e. The van der Waals surface area contributed by atoms with E-state index >= 15 is 0 Å². The number of nitrogens with zero attached hydrogens (tertiary/aromatic N) is 1. The number of amides is 2. The minimum Gasteiger partial charge on any atom is -0.490 e. The number of carbonyl (C=O) groups excluding carboxylic acids is 2. The van der Waals surface area contributed by atoms with Crippen LogP contribution in [0.2, 0.25) is 0 Å². The molecule has 2 amide bonds. The molecule has 3 unspecified atom stereocenters. The first-order chi connectivity index (χ1) is 18.2. The van der Waals surface area contributed by atoms with Gasteiger partial charge in [0.1, 0.15) is 5.75 Å². The number of carbonyl (C=O) groups is 2. The van der Waals surface area contributed by atoms with Gasteiger partial charge in [0.15, 0.2) is 0 Å². The molecule has 0 radical (unpaired) electrons. The molecule has 0 bridgehead atoms. The third-order valence-corrected chi connectivity index (χ3v) is 11.1. The zero-order valence-electron chi connectivity index (χ0n) is 23.3. The van der Waals surface area contributed by atoms with Gasteiger partial charge in [0, 0.05) is 30.8 Å². The summed E-state index contributed by atoms with van der Waals surface area (Å²) in [5.74, 6) is 3.81. The summed E-state index contributed by atoms with van der Waals surface area (Å²) in [6.07, 6.45) is 7.87. The van der Waals surface area contributed by atoms with E-state index in [2.05, 4.69) is 31.0 Å². The average Bonchev–Trinajstić information content (AvgIpc) is 3.25. The molecule has 4 fully saturated rings. The largest absolute Gasteiger partial charge is 0.490 e. The van der Waals surface area contributed by atoms with Gasteiger partial charge in [0.25, 0.3) is 5.91 Å². The van der Waals surface area contributed by atoms with Gasteiger partial charge >= 0.3 is 0 Å². The van der Waals surface area contributed by atoms with Crippen molar-refractivity contribution in [3.63, 3.8) is 0 Å². The van der Waals surface area contributed by atoms with Crippen LogP contribution in [0.15, 0.2) is 54.6 Å².